The fraction of sp³-hybridized carbons (Fsp3) is 0.0571. The lowest BCUT2D eigenvalue weighted by Gasteiger charge is -2.10. The zero-order valence-electron chi connectivity index (χ0n) is 26.6. The molecule has 0 amide bonds. The number of benzene rings is 3. The van der Waals surface area contributed by atoms with Gasteiger partial charge in [-0.25, -0.2) is 15.0 Å². The number of hydrogen-bond acceptors (Lipinski definition) is 10. The summed E-state index contributed by atoms with van der Waals surface area (Å²) in [6, 6.07) is 26.9. The van der Waals surface area contributed by atoms with Gasteiger partial charge in [-0.05, 0) is 107 Å². The van der Waals surface area contributed by atoms with Gasteiger partial charge in [-0.2, -0.15) is 0 Å². The molecular weight excluding hydrogens is 767 g/mol. The average molecular weight is 798 g/mol. The highest BCUT2D eigenvalue weighted by Crippen LogP contribution is 2.34. The Balaban J connectivity index is 0.000000154. The second-order valence-electron chi connectivity index (χ2n) is 10.0. The quantitative estimate of drug-likeness (QED) is 0.128. The van der Waals surface area contributed by atoms with Crippen molar-refractivity contribution in [3.8, 4) is 22.6 Å². The van der Waals surface area contributed by atoms with Gasteiger partial charge in [-0.3, -0.25) is 0 Å². The van der Waals surface area contributed by atoms with Gasteiger partial charge in [0.2, 0.25) is 5.71 Å². The van der Waals surface area contributed by atoms with Crippen LogP contribution in [0, 0.1) is 0 Å². The Morgan fingerprint density at radius 3 is 1.86 bits per heavy atom. The van der Waals surface area contributed by atoms with Crippen molar-refractivity contribution >= 4 is 97.0 Å². The van der Waals surface area contributed by atoms with Crippen molar-refractivity contribution in [3.63, 3.8) is 0 Å². The van der Waals surface area contributed by atoms with E-state index in [1.54, 1.807) is 43.9 Å². The van der Waals surface area contributed by atoms with E-state index in [1.807, 2.05) is 66.7 Å². The van der Waals surface area contributed by atoms with E-state index in [0.29, 0.717) is 38.2 Å². The van der Waals surface area contributed by atoms with E-state index in [9.17, 15) is 0 Å². The number of nitrogens with two attached hydrogens (primary N) is 2. The van der Waals surface area contributed by atoms with Gasteiger partial charge in [0.1, 0.15) is 28.7 Å². The third kappa shape index (κ3) is 10.2. The number of ether oxygens (including phenoxy) is 2. The fourth-order valence-electron chi connectivity index (χ4n) is 4.42. The van der Waals surface area contributed by atoms with Gasteiger partial charge in [0.15, 0.2) is 0 Å². The first-order valence-corrected chi connectivity index (χ1v) is 16.5. The van der Waals surface area contributed by atoms with Crippen LogP contribution in [0.2, 0.25) is 15.1 Å². The van der Waals surface area contributed by atoms with Gasteiger partial charge in [0.05, 0.1) is 18.7 Å². The summed E-state index contributed by atoms with van der Waals surface area (Å²) >= 11 is 20.7. The summed E-state index contributed by atoms with van der Waals surface area (Å²) in [7, 11) is 1.51. The first-order chi connectivity index (χ1) is 24.0. The van der Waals surface area contributed by atoms with E-state index in [0.717, 1.165) is 37.7 Å². The van der Waals surface area contributed by atoms with Crippen LogP contribution in [-0.4, -0.2) is 46.3 Å². The van der Waals surface area contributed by atoms with E-state index in [-0.39, 0.29) is 5.46 Å². The maximum absolute atomic E-state index is 8.88. The van der Waals surface area contributed by atoms with Crippen LogP contribution in [0.4, 0.5) is 11.6 Å². The molecule has 15 heteroatoms. The molecule has 0 spiro atoms. The van der Waals surface area contributed by atoms with Crippen LogP contribution in [-0.2, 0) is 0 Å². The molecule has 0 bridgehead atoms. The van der Waals surface area contributed by atoms with Crippen molar-refractivity contribution in [1.82, 2.24) is 15.0 Å². The summed E-state index contributed by atoms with van der Waals surface area (Å²) in [5, 5.41) is 21.6. The third-order valence-corrected chi connectivity index (χ3v) is 8.13. The highest BCUT2D eigenvalue weighted by atomic mass is 79.9. The van der Waals surface area contributed by atoms with Crippen molar-refractivity contribution in [2.45, 2.75) is 0 Å². The van der Waals surface area contributed by atoms with Crippen LogP contribution in [0.5, 0.6) is 11.5 Å². The Hall–Kier alpha value is -4.56. The molecule has 7 aromatic rings. The van der Waals surface area contributed by atoms with Crippen molar-refractivity contribution in [3.05, 3.63) is 129 Å². The van der Waals surface area contributed by atoms with Crippen LogP contribution in [0.25, 0.3) is 33.2 Å². The van der Waals surface area contributed by atoms with Gasteiger partial charge in [-0.1, -0.05) is 34.8 Å². The van der Waals surface area contributed by atoms with Gasteiger partial charge in [0.25, 0.3) is 0 Å². The standard InChI is InChI=1S/C12H11ClN2O.C11H6ClNO.C7H8BClO3.C5H5BrN2/c1-16-11-5-4-8(13)7-10(11)9-3-2-6-15-12(9)14;12-7-3-4-10-9(6-7)8-2-1-5-13-11(8)14-10;1-12-7-3-2-5(9)4-6(7)8(10)11;6-4-2-1-3-8-5(4)7/h2-7H,1H3,(H2,14,15);1-6H;2-4,10-11H,1H3;1-3H,(H2,7,8). The summed E-state index contributed by atoms with van der Waals surface area (Å²) in [6.45, 7) is 0. The summed E-state index contributed by atoms with van der Waals surface area (Å²) in [5.74, 6) is 2.13. The van der Waals surface area contributed by atoms with E-state index in [2.05, 4.69) is 30.9 Å². The normalized spacial score (nSPS) is 10.2. The third-order valence-electron chi connectivity index (χ3n) is 6.76. The first-order valence-electron chi connectivity index (χ1n) is 14.5. The van der Waals surface area contributed by atoms with Crippen molar-refractivity contribution in [2.24, 2.45) is 0 Å². The van der Waals surface area contributed by atoms with Crippen molar-refractivity contribution < 1.29 is 23.9 Å². The topological polar surface area (TPSA) is 163 Å². The molecule has 10 nitrogen and oxygen atoms in total. The number of nitrogens with zero attached hydrogens (tertiary/aromatic N) is 3. The Bertz CT molecular complexity index is 2170. The molecule has 0 unspecified atom stereocenters. The number of furan rings is 1. The van der Waals surface area contributed by atoms with Gasteiger partial charge < -0.3 is 35.4 Å². The van der Waals surface area contributed by atoms with Crippen LogP contribution < -0.4 is 26.4 Å². The van der Waals surface area contributed by atoms with E-state index >= 15 is 0 Å². The Kier molecular flexibility index (Phi) is 14.1. The molecule has 0 aliphatic rings. The SMILES string of the molecule is COc1ccc(Cl)cc1-c1cccnc1N.COc1ccc(Cl)cc1B(O)O.Clc1ccc2oc3ncccc3c2c1.Nc1ncccc1Br. The molecule has 4 aromatic heterocycles. The van der Waals surface area contributed by atoms with Crippen molar-refractivity contribution in [2.75, 3.05) is 25.7 Å². The summed E-state index contributed by atoms with van der Waals surface area (Å²) in [6.07, 6.45) is 5.02. The molecule has 3 aromatic carbocycles. The zero-order valence-corrected chi connectivity index (χ0v) is 30.5. The number of aromatic nitrogens is 3. The molecule has 50 heavy (non-hydrogen) atoms. The minimum atomic E-state index is -1.56. The van der Waals surface area contributed by atoms with Gasteiger partial charge >= 0.3 is 7.12 Å². The molecular formula is C35H30BBrCl3N5O5. The number of nitrogen functional groups attached to an aromatic ring is 2. The zero-order chi connectivity index (χ0) is 36.2. The molecule has 6 N–H and O–H groups in total. The maximum atomic E-state index is 8.88. The largest absolute Gasteiger partial charge is 0.497 e. The molecule has 0 fully saturated rings. The molecule has 0 aliphatic heterocycles. The molecule has 7 rings (SSSR count). The number of halogens is 4. The molecule has 0 saturated heterocycles. The Labute approximate surface area is 311 Å². The summed E-state index contributed by atoms with van der Waals surface area (Å²) in [5.41, 5.74) is 14.6. The number of methoxy groups -OCH3 is 2. The van der Waals surface area contributed by atoms with E-state index in [1.165, 1.54) is 13.2 Å². The number of anilines is 2. The number of pyridine rings is 3. The molecule has 0 aliphatic carbocycles. The fourth-order valence-corrected chi connectivity index (χ4v) is 5.20. The number of fused-ring (bicyclic) bond motifs is 3. The van der Waals surface area contributed by atoms with Crippen LogP contribution in [0.3, 0.4) is 0 Å². The van der Waals surface area contributed by atoms with Gasteiger partial charge in [0, 0.05) is 61.0 Å². The highest BCUT2D eigenvalue weighted by molar-refractivity contribution is 9.10. The van der Waals surface area contributed by atoms with Gasteiger partial charge in [-0.15, -0.1) is 0 Å². The number of hydrogen-bond donors (Lipinski definition) is 4. The molecule has 0 radical (unpaired) electrons. The van der Waals surface area contributed by atoms with E-state index in [4.69, 9.17) is 70.2 Å². The summed E-state index contributed by atoms with van der Waals surface area (Å²) < 4.78 is 16.5. The second-order valence-corrected chi connectivity index (χ2v) is 12.2. The smallest absolute Gasteiger partial charge is 0.492 e. The highest BCUT2D eigenvalue weighted by Gasteiger charge is 2.16. The van der Waals surface area contributed by atoms with Crippen LogP contribution in [0.15, 0.2) is 118 Å². The van der Waals surface area contributed by atoms with Crippen LogP contribution >= 0.6 is 50.7 Å². The lowest BCUT2D eigenvalue weighted by Crippen LogP contribution is -2.31. The molecule has 256 valence electrons. The Morgan fingerprint density at radius 1 is 0.660 bits per heavy atom. The average Bonchev–Trinajstić information content (AvgIpc) is 3.48. The minimum absolute atomic E-state index is 0.269. The van der Waals surface area contributed by atoms with Crippen molar-refractivity contribution in [1.29, 1.82) is 0 Å². The molecule has 4 heterocycles. The minimum Gasteiger partial charge on any atom is -0.497 e. The predicted octanol–water partition coefficient (Wildman–Crippen LogP) is 8.08. The maximum Gasteiger partial charge on any atom is 0.492 e. The molecule has 0 atom stereocenters. The lowest BCUT2D eigenvalue weighted by atomic mass is 9.79. The Morgan fingerprint density at radius 2 is 1.24 bits per heavy atom. The lowest BCUT2D eigenvalue weighted by molar-refractivity contribution is 0.403. The first kappa shape index (κ1) is 38.3. The second kappa shape index (κ2) is 18.4. The monoisotopic (exact) mass is 795 g/mol. The van der Waals surface area contributed by atoms with Crippen LogP contribution in [0.1, 0.15) is 0 Å². The molecule has 0 saturated carbocycles. The predicted molar refractivity (Wildman–Crippen MR) is 206 cm³/mol. The van der Waals surface area contributed by atoms with E-state index < -0.39 is 7.12 Å². The number of rotatable bonds is 4. The summed E-state index contributed by atoms with van der Waals surface area (Å²) in [4.78, 5) is 12.0.